The van der Waals surface area contributed by atoms with Crippen molar-refractivity contribution in [1.29, 1.82) is 0 Å². The zero-order chi connectivity index (χ0) is 34.8. The molecule has 0 saturated heterocycles. The third-order valence-corrected chi connectivity index (χ3v) is 18.6. The summed E-state index contributed by atoms with van der Waals surface area (Å²) in [6.07, 6.45) is 8.29. The Labute approximate surface area is 323 Å². The van der Waals surface area contributed by atoms with Crippen molar-refractivity contribution in [3.05, 3.63) is 151 Å². The third-order valence-electron chi connectivity index (χ3n) is 10.3. The smallest absolute Gasteiger partial charge is 1.00 e. The van der Waals surface area contributed by atoms with Crippen LogP contribution in [0.1, 0.15) is 138 Å². The van der Waals surface area contributed by atoms with E-state index in [0.717, 1.165) is 6.42 Å². The molecule has 0 aliphatic heterocycles. The largest absolute Gasteiger partial charge is 1.00 e. The number of hydrogen-bond donors (Lipinski definition) is 0. The van der Waals surface area contributed by atoms with Crippen molar-refractivity contribution in [2.24, 2.45) is 0 Å². The fourth-order valence-electron chi connectivity index (χ4n) is 7.96. The van der Waals surface area contributed by atoms with Crippen LogP contribution in [0.2, 0.25) is 0 Å². The molecule has 6 rings (SSSR count). The fourth-order valence-corrected chi connectivity index (χ4v) is 16.9. The van der Waals surface area contributed by atoms with E-state index in [1.807, 2.05) is 0 Å². The van der Waals surface area contributed by atoms with Gasteiger partial charge in [0.05, 0.1) is 0 Å². The minimum absolute atomic E-state index is 0. The number of rotatable bonds is 4. The first-order chi connectivity index (χ1) is 22.4. The summed E-state index contributed by atoms with van der Waals surface area (Å²) in [7, 11) is 0. The van der Waals surface area contributed by atoms with E-state index in [0.29, 0.717) is 3.63 Å². The second-order valence-electron chi connectivity index (χ2n) is 18.2. The van der Waals surface area contributed by atoms with Crippen molar-refractivity contribution in [3.63, 3.8) is 0 Å². The van der Waals surface area contributed by atoms with Gasteiger partial charge >= 0.3 is 301 Å². The molecule has 0 unspecified atom stereocenters. The van der Waals surface area contributed by atoms with Crippen molar-refractivity contribution in [3.8, 4) is 11.1 Å². The summed E-state index contributed by atoms with van der Waals surface area (Å²) in [5, 5.41) is 0. The van der Waals surface area contributed by atoms with Gasteiger partial charge in [0.2, 0.25) is 0 Å². The molecule has 4 aromatic carbocycles. The van der Waals surface area contributed by atoms with Gasteiger partial charge in [0.25, 0.3) is 0 Å². The first-order valence-electron chi connectivity index (χ1n) is 18.0. The maximum absolute atomic E-state index is 2.81. The van der Waals surface area contributed by atoms with E-state index in [9.17, 15) is 0 Å². The Balaban J connectivity index is 0.00000281. The third kappa shape index (κ3) is 7.73. The zero-order valence-corrected chi connectivity index (χ0v) is 36.3. The molecule has 50 heavy (non-hydrogen) atoms. The van der Waals surface area contributed by atoms with Gasteiger partial charge in [-0.05, 0) is 0 Å². The van der Waals surface area contributed by atoms with Gasteiger partial charge in [0, 0.05) is 0 Å². The van der Waals surface area contributed by atoms with Crippen LogP contribution in [-0.2, 0) is 42.9 Å². The van der Waals surface area contributed by atoms with Crippen LogP contribution in [0, 0.1) is 0 Å². The monoisotopic (exact) mass is 780 g/mol. The van der Waals surface area contributed by atoms with Gasteiger partial charge in [0.15, 0.2) is 0 Å². The predicted molar refractivity (Wildman–Crippen MR) is 206 cm³/mol. The predicted octanol–water partition coefficient (Wildman–Crippen LogP) is 6.69. The normalized spacial score (nSPS) is 14.2. The van der Waals surface area contributed by atoms with E-state index in [4.69, 9.17) is 0 Å². The Morgan fingerprint density at radius 3 is 1.20 bits per heavy atom. The second-order valence-corrected chi connectivity index (χ2v) is 24.5. The van der Waals surface area contributed by atoms with Crippen molar-refractivity contribution in [1.82, 2.24) is 0 Å². The van der Waals surface area contributed by atoms with Crippen molar-refractivity contribution in [2.75, 3.05) is 0 Å². The van der Waals surface area contributed by atoms with Crippen molar-refractivity contribution < 1.29 is 46.1 Å². The number of benzene rings is 4. The van der Waals surface area contributed by atoms with Crippen molar-refractivity contribution >= 4 is 3.21 Å². The average molecular weight is 783 g/mol. The Kier molecular flexibility index (Phi) is 11.8. The van der Waals surface area contributed by atoms with E-state index in [-0.39, 0.29) is 46.5 Å². The molecule has 0 bridgehead atoms. The molecule has 0 amide bonds. The molecule has 0 fully saturated rings. The molecule has 0 saturated carbocycles. The summed E-state index contributed by atoms with van der Waals surface area (Å²) in [6, 6.07) is 33.4. The number of hydrogen-bond acceptors (Lipinski definition) is 0. The average Bonchev–Trinajstić information content (AvgIpc) is 3.64. The first kappa shape index (κ1) is 40.5. The maximum atomic E-state index is 2.69. The molecule has 0 N–H and O–H groups in total. The van der Waals surface area contributed by atoms with E-state index in [1.54, 1.807) is 17.6 Å². The van der Waals surface area contributed by atoms with Crippen LogP contribution in [0.25, 0.3) is 11.1 Å². The summed E-state index contributed by atoms with van der Waals surface area (Å²) in [5.74, 6) is 0. The van der Waals surface area contributed by atoms with E-state index < -0.39 is 21.3 Å². The van der Waals surface area contributed by atoms with Crippen LogP contribution < -0.4 is 24.8 Å². The molecule has 2 aliphatic rings. The molecule has 0 spiro atoms. The Hall–Kier alpha value is -2.31. The minimum atomic E-state index is -2.81. The van der Waals surface area contributed by atoms with Gasteiger partial charge < -0.3 is 24.8 Å². The second kappa shape index (κ2) is 14.6. The number of fused-ring (bicyclic) bond motifs is 3. The van der Waals surface area contributed by atoms with Crippen LogP contribution in [0.3, 0.4) is 0 Å². The Morgan fingerprint density at radius 2 is 0.880 bits per heavy atom. The molecule has 0 nitrogen and oxygen atoms in total. The Morgan fingerprint density at radius 1 is 0.520 bits per heavy atom. The van der Waals surface area contributed by atoms with Gasteiger partial charge in [-0.3, -0.25) is 0 Å². The molecule has 0 aromatic heterocycles. The van der Waals surface area contributed by atoms with E-state index in [2.05, 4.69) is 186 Å². The number of halogens is 2. The SMILES string of the molecule is CC(C)(C)c1cc2c(cc1C(C)(C)C)[CH]([Zr+2]([C]1=CC=CC1)=[C](c1ccccc1)c1ccccc1)c1cc(C(C)(C)C)c(C(C)(C)C)cc1-2.[Cl-].[Cl-]. The topological polar surface area (TPSA) is 0 Å². The van der Waals surface area contributed by atoms with Gasteiger partial charge in [-0.1, -0.05) is 0 Å². The molecular formula is C47H56Cl2Zr. The summed E-state index contributed by atoms with van der Waals surface area (Å²) in [4.78, 5) is 0. The van der Waals surface area contributed by atoms with Gasteiger partial charge in [0.1, 0.15) is 0 Å². The Bertz CT molecular complexity index is 1830. The van der Waals surface area contributed by atoms with Gasteiger partial charge in [-0.2, -0.15) is 0 Å². The summed E-state index contributed by atoms with van der Waals surface area (Å²) in [5.41, 5.74) is 15.0. The summed E-state index contributed by atoms with van der Waals surface area (Å²) >= 11 is -2.81. The molecule has 2 aliphatic carbocycles. The van der Waals surface area contributed by atoms with Gasteiger partial charge in [-0.15, -0.1) is 0 Å². The molecule has 0 heterocycles. The van der Waals surface area contributed by atoms with Crippen LogP contribution in [0.15, 0.2) is 106 Å². The van der Waals surface area contributed by atoms with E-state index in [1.165, 1.54) is 44.5 Å². The molecule has 3 heteroatoms. The number of allylic oxidation sites excluding steroid dienone is 4. The minimum Gasteiger partial charge on any atom is -1.00 e. The van der Waals surface area contributed by atoms with Crippen LogP contribution in [0.4, 0.5) is 0 Å². The first-order valence-corrected chi connectivity index (χ1v) is 21.8. The molecule has 0 atom stereocenters. The maximum Gasteiger partial charge on any atom is -1.00 e. The van der Waals surface area contributed by atoms with E-state index >= 15 is 0 Å². The fraction of sp³-hybridized carbons (Fsp3) is 0.383. The summed E-state index contributed by atoms with van der Waals surface area (Å²) < 4.78 is 3.69. The molecule has 4 aromatic rings. The molecule has 262 valence electrons. The zero-order valence-electron chi connectivity index (χ0n) is 32.4. The molecular weight excluding hydrogens is 727 g/mol. The summed E-state index contributed by atoms with van der Waals surface area (Å²) in [6.45, 7) is 28.8. The quantitative estimate of drug-likeness (QED) is 0.217. The van der Waals surface area contributed by atoms with Crippen molar-refractivity contribution in [2.45, 2.75) is 115 Å². The molecule has 0 radical (unpaired) electrons. The van der Waals surface area contributed by atoms with Gasteiger partial charge in [-0.25, -0.2) is 0 Å². The van der Waals surface area contributed by atoms with Crippen LogP contribution >= 0.6 is 0 Å². The van der Waals surface area contributed by atoms with Crippen LogP contribution in [0.5, 0.6) is 0 Å². The standard InChI is InChI=1S/C29H41.C13H10.C5H5.2ClH.Zr/c1-26(2,3)22-14-18-13-19-15-23(27(4,5)6)25(29(10,11)12)17-21(19)20(18)16-24(22)28(7,8)9;1-3-7-12(8-4-1)11-13-9-5-2-6-10-13;1-2-4-5-3-1;;;/h13-17H,1-12H3;1-10H;1-3H,4H2;2*1H;/q;;;;;+2/p-2. The van der Waals surface area contributed by atoms with Crippen LogP contribution in [-0.4, -0.2) is 3.21 Å².